The molecule has 3 N–H and O–H groups in total. The second kappa shape index (κ2) is 27.3. The number of nitrogens with one attached hydrogen (secondary N) is 3. The van der Waals surface area contributed by atoms with Crippen LogP contribution in [0.3, 0.4) is 0 Å². The first-order valence-electron chi connectivity index (χ1n) is 17.1. The quantitative estimate of drug-likeness (QED) is 0.132. The van der Waals surface area contributed by atoms with Crippen LogP contribution in [0.1, 0.15) is 116 Å². The topological polar surface area (TPSA) is 149 Å². The fourth-order valence-electron chi connectivity index (χ4n) is 4.26. The lowest BCUT2D eigenvalue weighted by molar-refractivity contribution is -0.141. The molecular weight excluding hydrogens is 597 g/mol. The molecule has 1 aromatic carbocycles. The molecule has 12 heteroatoms. The van der Waals surface area contributed by atoms with Gasteiger partial charge in [-0.15, -0.1) is 0 Å². The number of hydrogen-bond donors (Lipinski definition) is 3. The van der Waals surface area contributed by atoms with E-state index in [-0.39, 0.29) is 30.9 Å². The van der Waals surface area contributed by atoms with Gasteiger partial charge in [0, 0.05) is 31.7 Å². The summed E-state index contributed by atoms with van der Waals surface area (Å²) in [7, 11) is 0.712. The van der Waals surface area contributed by atoms with Crippen molar-refractivity contribution >= 4 is 30.9 Å². The number of benzene rings is 1. The van der Waals surface area contributed by atoms with Crippen molar-refractivity contribution in [2.24, 2.45) is 5.92 Å². The van der Waals surface area contributed by atoms with Crippen LogP contribution in [-0.4, -0.2) is 66.4 Å². The van der Waals surface area contributed by atoms with Crippen LogP contribution in [0.4, 0.5) is 0 Å². The van der Waals surface area contributed by atoms with Gasteiger partial charge in [-0.2, -0.15) is 0 Å². The summed E-state index contributed by atoms with van der Waals surface area (Å²) < 4.78 is 10.8. The van der Waals surface area contributed by atoms with E-state index in [0.717, 1.165) is 5.56 Å². The summed E-state index contributed by atoms with van der Waals surface area (Å²) in [5, 5.41) is 8.70. The summed E-state index contributed by atoms with van der Waals surface area (Å²) in [6.45, 7) is 14.5. The van der Waals surface area contributed by atoms with Gasteiger partial charge in [-0.1, -0.05) is 104 Å². The molecule has 262 valence electrons. The van der Waals surface area contributed by atoms with Gasteiger partial charge in [-0.05, 0) is 37.9 Å². The zero-order valence-electron chi connectivity index (χ0n) is 29.8. The molecule has 0 fully saturated rings. The van der Waals surface area contributed by atoms with E-state index in [0.29, 0.717) is 6.42 Å². The maximum absolute atomic E-state index is 13.5. The summed E-state index contributed by atoms with van der Waals surface area (Å²) in [5.74, 6) is -2.97. The Hall–Kier alpha value is -3.80. The molecule has 0 saturated heterocycles. The van der Waals surface area contributed by atoms with Gasteiger partial charge >= 0.3 is 7.12 Å². The molecule has 2 atom stereocenters. The van der Waals surface area contributed by atoms with E-state index in [4.69, 9.17) is 9.31 Å². The number of unbranched alkanes of at least 4 members (excludes halogenated alkanes) is 4. The standard InChI is InChI=1S/C25H33BN4O6.C8H19N.C2H6/c1-5-22(31)35-26(36-23(32)6-2)21(14-17(3)4)30-24(33)19(15-18-10-8-7-9-11-18)29-25(34)20-16-27-12-13-28-20;1-3-4-5-6-7-8-9-2;1-2/h7-13,16-17,19,21H,5-6,14-15H2,1-4H3,(H,29,34)(H,30,33);9H,3-8H2,1-2H3;1-2H3/t19-,21-;;/m0../s1. The van der Waals surface area contributed by atoms with Crippen molar-refractivity contribution in [1.82, 2.24) is 25.9 Å². The van der Waals surface area contributed by atoms with Gasteiger partial charge in [0.25, 0.3) is 17.8 Å². The molecule has 2 aromatic rings. The van der Waals surface area contributed by atoms with Gasteiger partial charge < -0.3 is 25.3 Å². The summed E-state index contributed by atoms with van der Waals surface area (Å²) in [6.07, 6.45) is 11.7. The van der Waals surface area contributed by atoms with Crippen LogP contribution in [-0.2, 0) is 30.1 Å². The lowest BCUT2D eigenvalue weighted by Crippen LogP contribution is -2.57. The molecule has 0 saturated carbocycles. The van der Waals surface area contributed by atoms with E-state index < -0.39 is 42.9 Å². The van der Waals surface area contributed by atoms with E-state index in [1.807, 2.05) is 65.1 Å². The third-order valence-electron chi connectivity index (χ3n) is 6.68. The van der Waals surface area contributed by atoms with Crippen LogP contribution >= 0.6 is 0 Å². The Bertz CT molecular complexity index is 1100. The highest BCUT2D eigenvalue weighted by Crippen LogP contribution is 2.13. The molecule has 1 aromatic heterocycles. The molecule has 2 rings (SSSR count). The zero-order chi connectivity index (χ0) is 35.5. The fraction of sp³-hybridized carbons (Fsp3) is 0.600. The van der Waals surface area contributed by atoms with E-state index in [1.54, 1.807) is 13.8 Å². The van der Waals surface area contributed by atoms with Crippen molar-refractivity contribution in [3.8, 4) is 0 Å². The Morgan fingerprint density at radius 1 is 0.851 bits per heavy atom. The average molecular weight is 656 g/mol. The van der Waals surface area contributed by atoms with Crippen molar-refractivity contribution in [3.63, 3.8) is 0 Å². The molecule has 2 amide bonds. The van der Waals surface area contributed by atoms with Gasteiger partial charge in [0.15, 0.2) is 0 Å². The van der Waals surface area contributed by atoms with E-state index in [2.05, 4.69) is 32.8 Å². The van der Waals surface area contributed by atoms with Crippen molar-refractivity contribution in [2.75, 3.05) is 13.6 Å². The van der Waals surface area contributed by atoms with Crippen molar-refractivity contribution in [3.05, 3.63) is 60.2 Å². The predicted molar refractivity (Wildman–Crippen MR) is 187 cm³/mol. The Labute approximate surface area is 282 Å². The monoisotopic (exact) mass is 655 g/mol. The Kier molecular flexibility index (Phi) is 25.1. The molecule has 0 aliphatic rings. The molecule has 0 radical (unpaired) electrons. The van der Waals surface area contributed by atoms with E-state index >= 15 is 0 Å². The van der Waals surface area contributed by atoms with Crippen LogP contribution in [0.5, 0.6) is 0 Å². The lowest BCUT2D eigenvalue weighted by Gasteiger charge is -2.27. The minimum atomic E-state index is -1.30. The molecular formula is C35H58BN5O6. The first-order valence-corrected chi connectivity index (χ1v) is 17.1. The minimum absolute atomic E-state index is 0.0636. The molecule has 0 aliphatic carbocycles. The maximum Gasteiger partial charge on any atom is 0.622 e. The number of carbonyl (C=O) groups is 4. The van der Waals surface area contributed by atoms with E-state index in [9.17, 15) is 19.2 Å². The van der Waals surface area contributed by atoms with Gasteiger partial charge in [0.1, 0.15) is 11.7 Å². The summed E-state index contributed by atoms with van der Waals surface area (Å²) in [6, 6.07) is 8.22. The third kappa shape index (κ3) is 20.1. The first-order chi connectivity index (χ1) is 22.6. The lowest BCUT2D eigenvalue weighted by atomic mass is 9.73. The average Bonchev–Trinajstić information content (AvgIpc) is 3.09. The van der Waals surface area contributed by atoms with Crippen molar-refractivity contribution < 1.29 is 28.5 Å². The van der Waals surface area contributed by atoms with Crippen LogP contribution in [0.25, 0.3) is 0 Å². The maximum atomic E-state index is 13.5. The highest BCUT2D eigenvalue weighted by atomic mass is 16.6. The zero-order valence-corrected chi connectivity index (χ0v) is 29.8. The number of hydrogen-bond acceptors (Lipinski definition) is 9. The van der Waals surface area contributed by atoms with Crippen LogP contribution in [0.2, 0.25) is 0 Å². The van der Waals surface area contributed by atoms with Crippen LogP contribution in [0, 0.1) is 5.92 Å². The minimum Gasteiger partial charge on any atom is -0.498 e. The number of carbonyl (C=O) groups excluding carboxylic acids is 4. The van der Waals surface area contributed by atoms with Crippen LogP contribution < -0.4 is 16.0 Å². The molecule has 0 unspecified atom stereocenters. The van der Waals surface area contributed by atoms with Crippen molar-refractivity contribution in [1.29, 1.82) is 0 Å². The second-order valence-electron chi connectivity index (χ2n) is 11.1. The summed E-state index contributed by atoms with van der Waals surface area (Å²) in [5.41, 5.74) is 0.887. The second-order valence-corrected chi connectivity index (χ2v) is 11.1. The largest absolute Gasteiger partial charge is 0.622 e. The van der Waals surface area contributed by atoms with Crippen LogP contribution in [0.15, 0.2) is 48.9 Å². The van der Waals surface area contributed by atoms with Gasteiger partial charge in [0.2, 0.25) is 5.91 Å². The molecule has 47 heavy (non-hydrogen) atoms. The number of nitrogens with zero attached hydrogens (tertiary/aromatic N) is 2. The molecule has 0 aliphatic heterocycles. The molecule has 1 heterocycles. The molecule has 0 spiro atoms. The number of amides is 2. The summed E-state index contributed by atoms with van der Waals surface area (Å²) >= 11 is 0. The molecule has 11 nitrogen and oxygen atoms in total. The highest BCUT2D eigenvalue weighted by Gasteiger charge is 2.40. The number of aromatic nitrogens is 2. The Morgan fingerprint density at radius 2 is 1.47 bits per heavy atom. The fourth-order valence-corrected chi connectivity index (χ4v) is 4.26. The molecule has 0 bridgehead atoms. The van der Waals surface area contributed by atoms with Gasteiger partial charge in [-0.3, -0.25) is 24.2 Å². The smallest absolute Gasteiger partial charge is 0.498 e. The Balaban J connectivity index is 0.00000165. The van der Waals surface area contributed by atoms with Crippen molar-refractivity contribution in [2.45, 2.75) is 118 Å². The SMILES string of the molecule is CC.CCC(=O)OB(OC(=O)CC)[C@H](CC(C)C)NC(=O)[C@H](Cc1ccccc1)NC(=O)c1cnccn1.CCCCCCCNC. The number of rotatable bonds is 19. The predicted octanol–water partition coefficient (Wildman–Crippen LogP) is 5.48. The van der Waals surface area contributed by atoms with Gasteiger partial charge in [-0.25, -0.2) is 4.98 Å². The first kappa shape index (κ1) is 43.2. The Morgan fingerprint density at radius 3 is 1.98 bits per heavy atom. The van der Waals surface area contributed by atoms with Gasteiger partial charge in [0.05, 0.1) is 12.1 Å². The third-order valence-corrected chi connectivity index (χ3v) is 6.68. The summed E-state index contributed by atoms with van der Waals surface area (Å²) in [4.78, 5) is 58.2. The normalized spacial score (nSPS) is 11.4. The highest BCUT2D eigenvalue weighted by molar-refractivity contribution is 6.51. The van der Waals surface area contributed by atoms with E-state index in [1.165, 1.54) is 57.2 Å².